The van der Waals surface area contributed by atoms with E-state index in [1.165, 1.54) is 12.8 Å². The first-order chi connectivity index (χ1) is 8.40. The van der Waals surface area contributed by atoms with Gasteiger partial charge in [0, 0.05) is 0 Å². The van der Waals surface area contributed by atoms with E-state index in [2.05, 4.69) is 52.9 Å². The number of allylic oxidation sites excluding steroid dienone is 8. The zero-order chi connectivity index (χ0) is 13.4. The van der Waals surface area contributed by atoms with Gasteiger partial charge in [-0.1, -0.05) is 0 Å². The minimum absolute atomic E-state index is 0. The number of hydrogen-bond donors (Lipinski definition) is 0. The van der Waals surface area contributed by atoms with Crippen LogP contribution in [0.5, 0.6) is 0 Å². The number of halogens is 2. The van der Waals surface area contributed by atoms with Gasteiger partial charge in [-0.25, -0.2) is 0 Å². The molecular formula is C16H24Cl2SiZr. The molecule has 0 aromatic carbocycles. The molecule has 0 amide bonds. The van der Waals surface area contributed by atoms with Crippen LogP contribution >= 0.6 is 0 Å². The Bertz CT molecular complexity index is 515. The van der Waals surface area contributed by atoms with E-state index in [4.69, 9.17) is 0 Å². The smallest absolute Gasteiger partial charge is 1.00 e. The molecule has 0 saturated heterocycles. The Morgan fingerprint density at radius 2 is 1.15 bits per heavy atom. The van der Waals surface area contributed by atoms with Crippen LogP contribution in [0.25, 0.3) is 0 Å². The van der Waals surface area contributed by atoms with Gasteiger partial charge in [-0.15, -0.1) is 0 Å². The summed E-state index contributed by atoms with van der Waals surface area (Å²) in [6.07, 6.45) is 7.47. The summed E-state index contributed by atoms with van der Waals surface area (Å²) in [5, 5.41) is 0. The average Bonchev–Trinajstić information content (AvgIpc) is 2.71. The van der Waals surface area contributed by atoms with Crippen LogP contribution in [-0.4, -0.2) is 5.43 Å². The van der Waals surface area contributed by atoms with Crippen molar-refractivity contribution in [3.05, 3.63) is 41.0 Å². The van der Waals surface area contributed by atoms with Gasteiger partial charge < -0.3 is 24.8 Å². The van der Waals surface area contributed by atoms with E-state index >= 15 is 0 Å². The Morgan fingerprint density at radius 3 is 1.35 bits per heavy atom. The molecule has 0 radical (unpaired) electrons. The maximum atomic E-state index is 2.56. The Morgan fingerprint density at radius 1 is 0.800 bits per heavy atom. The molecule has 0 nitrogen and oxygen atoms in total. The summed E-state index contributed by atoms with van der Waals surface area (Å²) in [5.74, 6) is 0. The van der Waals surface area contributed by atoms with Crippen LogP contribution in [0.3, 0.4) is 0 Å². The maximum absolute atomic E-state index is 2.56. The molecule has 0 unspecified atom stereocenters. The Hall–Kier alpha value is 0.640. The zero-order valence-corrected chi connectivity index (χ0v) is 18.3. The molecule has 20 heavy (non-hydrogen) atoms. The maximum Gasteiger partial charge on any atom is -1.00 e. The van der Waals surface area contributed by atoms with Gasteiger partial charge in [0.25, 0.3) is 0 Å². The molecule has 0 N–H and O–H groups in total. The van der Waals surface area contributed by atoms with Crippen molar-refractivity contribution in [2.45, 2.75) is 53.6 Å². The standard InChI is InChI=1S/2C7H9.C2H6Si.2ClH.Zr/c2*1-6-3-4-7(2)5-6;1-3-2;;;/h2*5H,3H2,1-2H3;1-2H3;2*1H;/q;;;;;+2/p-2. The summed E-state index contributed by atoms with van der Waals surface area (Å²) in [6, 6.07) is 0. The average molecular weight is 407 g/mol. The van der Waals surface area contributed by atoms with Crippen LogP contribution < -0.4 is 24.8 Å². The Kier molecular flexibility index (Phi) is 8.59. The van der Waals surface area contributed by atoms with Crippen LogP contribution in [0.15, 0.2) is 41.0 Å². The summed E-state index contributed by atoms with van der Waals surface area (Å²) in [6.45, 7) is 14.4. The predicted molar refractivity (Wildman–Crippen MR) is 79.6 cm³/mol. The number of hydrogen-bond acceptors (Lipinski definition) is 0. The molecule has 0 saturated carbocycles. The molecule has 110 valence electrons. The van der Waals surface area contributed by atoms with Crippen LogP contribution in [0, 0.1) is 0 Å². The fourth-order valence-corrected chi connectivity index (χ4v) is 22.1. The van der Waals surface area contributed by atoms with Gasteiger partial charge in [-0.3, -0.25) is 0 Å². The molecule has 0 aromatic heterocycles. The van der Waals surface area contributed by atoms with Gasteiger partial charge in [0.05, 0.1) is 0 Å². The molecule has 0 fully saturated rings. The Labute approximate surface area is 144 Å². The van der Waals surface area contributed by atoms with Crippen molar-refractivity contribution in [1.82, 2.24) is 0 Å². The van der Waals surface area contributed by atoms with Crippen LogP contribution in [-0.2, 0) is 20.4 Å². The van der Waals surface area contributed by atoms with Crippen molar-refractivity contribution >= 4 is 5.43 Å². The summed E-state index contributed by atoms with van der Waals surface area (Å²) >= 11 is -1.51. The van der Waals surface area contributed by atoms with Crippen LogP contribution in [0.4, 0.5) is 0 Å². The summed E-state index contributed by atoms with van der Waals surface area (Å²) < 4.78 is 3.82. The van der Waals surface area contributed by atoms with Crippen molar-refractivity contribution in [2.75, 3.05) is 0 Å². The second-order valence-electron chi connectivity index (χ2n) is 6.03. The molecule has 2 aliphatic carbocycles. The number of rotatable bonds is 2. The topological polar surface area (TPSA) is 0 Å². The minimum atomic E-state index is -1.51. The molecule has 0 atom stereocenters. The van der Waals surface area contributed by atoms with E-state index in [1.807, 2.05) is 6.56 Å². The monoisotopic (exact) mass is 404 g/mol. The van der Waals surface area contributed by atoms with E-state index in [0.717, 1.165) is 0 Å². The normalized spacial score (nSPS) is 17.1. The van der Waals surface area contributed by atoms with Gasteiger partial charge in [0.2, 0.25) is 0 Å². The van der Waals surface area contributed by atoms with Gasteiger partial charge >= 0.3 is 120 Å². The van der Waals surface area contributed by atoms with Gasteiger partial charge in [-0.05, 0) is 0 Å². The molecule has 0 heterocycles. The van der Waals surface area contributed by atoms with Crippen molar-refractivity contribution in [2.24, 2.45) is 0 Å². The molecular weight excluding hydrogens is 382 g/mol. The molecule has 0 bridgehead atoms. The molecule has 2 rings (SSSR count). The van der Waals surface area contributed by atoms with E-state index < -0.39 is 20.4 Å². The van der Waals surface area contributed by atoms with Crippen molar-refractivity contribution in [1.29, 1.82) is 0 Å². The fraction of sp³-hybridized carbons (Fsp3) is 0.500. The van der Waals surface area contributed by atoms with Gasteiger partial charge in [0.1, 0.15) is 0 Å². The Balaban J connectivity index is 0.00000180. The zero-order valence-electron chi connectivity index (χ0n) is 13.3. The SMILES string of the molecule is CC1=CC(C)=[C]([Zr+2]([C]2=C(C)C=C(C)C2)=[Si](C)C)C1.[Cl-].[Cl-]. The summed E-state index contributed by atoms with van der Waals surface area (Å²) in [5.41, 5.74) is 6.29. The van der Waals surface area contributed by atoms with Gasteiger partial charge in [0.15, 0.2) is 0 Å². The molecule has 0 spiro atoms. The largest absolute Gasteiger partial charge is 1.00 e. The van der Waals surface area contributed by atoms with Gasteiger partial charge in [-0.2, -0.15) is 0 Å². The fourth-order valence-electron chi connectivity index (χ4n) is 3.21. The van der Waals surface area contributed by atoms with Crippen LogP contribution in [0.2, 0.25) is 13.1 Å². The minimum Gasteiger partial charge on any atom is -1.00 e. The van der Waals surface area contributed by atoms with Crippen molar-refractivity contribution < 1.29 is 45.2 Å². The quantitative estimate of drug-likeness (QED) is 0.522. The third kappa shape index (κ3) is 4.32. The van der Waals surface area contributed by atoms with Crippen molar-refractivity contribution in [3.8, 4) is 0 Å². The summed E-state index contributed by atoms with van der Waals surface area (Å²) in [7, 11) is 0. The molecule has 4 heteroatoms. The second-order valence-corrected chi connectivity index (χ2v) is 23.2. The first kappa shape index (κ1) is 20.6. The predicted octanol–water partition coefficient (Wildman–Crippen LogP) is -0.888. The van der Waals surface area contributed by atoms with E-state index in [1.54, 1.807) is 22.3 Å². The van der Waals surface area contributed by atoms with E-state index in [0.29, 0.717) is 0 Å². The second kappa shape index (κ2) is 8.32. The third-order valence-electron chi connectivity index (χ3n) is 3.89. The molecule has 0 aliphatic heterocycles. The first-order valence-electron chi connectivity index (χ1n) is 6.82. The van der Waals surface area contributed by atoms with E-state index in [-0.39, 0.29) is 30.2 Å². The first-order valence-corrected chi connectivity index (χ1v) is 15.5. The van der Waals surface area contributed by atoms with Crippen LogP contribution in [0.1, 0.15) is 40.5 Å². The molecule has 2 aliphatic rings. The van der Waals surface area contributed by atoms with E-state index in [9.17, 15) is 0 Å². The van der Waals surface area contributed by atoms with Crippen molar-refractivity contribution in [3.63, 3.8) is 0 Å². The molecule has 0 aromatic rings. The third-order valence-corrected chi connectivity index (χ3v) is 21.6. The summed E-state index contributed by atoms with van der Waals surface area (Å²) in [4.78, 5) is 0.